The SMILES string of the molecule is CCCC[C@](C)(SCc1ccccc1)[C@H](NC=O)C(=O)OCC. The molecule has 1 rings (SSSR count). The number of hydrogen-bond donors (Lipinski definition) is 1. The van der Waals surface area contributed by atoms with Crippen molar-refractivity contribution in [2.75, 3.05) is 6.61 Å². The van der Waals surface area contributed by atoms with E-state index >= 15 is 0 Å². The summed E-state index contributed by atoms with van der Waals surface area (Å²) in [5.74, 6) is 0.427. The lowest BCUT2D eigenvalue weighted by molar-refractivity contribution is -0.147. The van der Waals surface area contributed by atoms with Crippen LogP contribution in [0.25, 0.3) is 0 Å². The van der Waals surface area contributed by atoms with Gasteiger partial charge in [-0.1, -0.05) is 50.1 Å². The molecule has 1 amide bonds. The molecular weight excluding hydrogens is 310 g/mol. The summed E-state index contributed by atoms with van der Waals surface area (Å²) < 4.78 is 4.76. The summed E-state index contributed by atoms with van der Waals surface area (Å²) in [5, 5.41) is 2.68. The second kappa shape index (κ2) is 10.3. The summed E-state index contributed by atoms with van der Waals surface area (Å²) in [7, 11) is 0. The van der Waals surface area contributed by atoms with E-state index < -0.39 is 10.8 Å². The zero-order valence-electron chi connectivity index (χ0n) is 14.2. The Balaban J connectivity index is 2.91. The molecule has 2 atom stereocenters. The highest BCUT2D eigenvalue weighted by Crippen LogP contribution is 2.37. The van der Waals surface area contributed by atoms with Crippen molar-refractivity contribution in [3.63, 3.8) is 0 Å². The lowest BCUT2D eigenvalue weighted by atomic mass is 9.94. The number of amides is 1. The van der Waals surface area contributed by atoms with Gasteiger partial charge in [-0.05, 0) is 25.8 Å². The van der Waals surface area contributed by atoms with Gasteiger partial charge in [0, 0.05) is 10.5 Å². The van der Waals surface area contributed by atoms with Crippen molar-refractivity contribution in [3.8, 4) is 0 Å². The molecule has 0 aliphatic rings. The predicted molar refractivity (Wildman–Crippen MR) is 95.3 cm³/mol. The first-order valence-electron chi connectivity index (χ1n) is 8.11. The number of hydrogen-bond acceptors (Lipinski definition) is 4. The number of benzene rings is 1. The minimum absolute atomic E-state index is 0.309. The van der Waals surface area contributed by atoms with Crippen molar-refractivity contribution < 1.29 is 14.3 Å². The summed E-state index contributed by atoms with van der Waals surface area (Å²) in [6.07, 6.45) is 3.47. The fourth-order valence-electron chi connectivity index (χ4n) is 2.44. The third kappa shape index (κ3) is 6.26. The Morgan fingerprint density at radius 1 is 1.35 bits per heavy atom. The third-order valence-corrected chi connectivity index (χ3v) is 5.38. The van der Waals surface area contributed by atoms with Crippen molar-refractivity contribution in [1.29, 1.82) is 0 Å². The van der Waals surface area contributed by atoms with E-state index in [1.807, 2.05) is 25.1 Å². The van der Waals surface area contributed by atoms with Gasteiger partial charge in [-0.2, -0.15) is 0 Å². The monoisotopic (exact) mass is 337 g/mol. The van der Waals surface area contributed by atoms with E-state index in [2.05, 4.69) is 24.4 Å². The second-order valence-corrected chi connectivity index (χ2v) is 7.17. The largest absolute Gasteiger partial charge is 0.464 e. The van der Waals surface area contributed by atoms with E-state index in [0.717, 1.165) is 25.0 Å². The number of ether oxygens (including phenoxy) is 1. The van der Waals surface area contributed by atoms with Gasteiger partial charge in [-0.25, -0.2) is 4.79 Å². The van der Waals surface area contributed by atoms with Crippen LogP contribution in [0.5, 0.6) is 0 Å². The van der Waals surface area contributed by atoms with Crippen molar-refractivity contribution in [2.45, 2.75) is 56.6 Å². The highest BCUT2D eigenvalue weighted by Gasteiger charge is 2.40. The van der Waals surface area contributed by atoms with E-state index in [-0.39, 0.29) is 5.97 Å². The van der Waals surface area contributed by atoms with Crippen molar-refractivity contribution in [2.24, 2.45) is 0 Å². The number of rotatable bonds is 11. The van der Waals surface area contributed by atoms with Gasteiger partial charge in [0.1, 0.15) is 6.04 Å². The molecule has 0 aromatic heterocycles. The number of thioether (sulfide) groups is 1. The number of unbranched alkanes of at least 4 members (excludes halogenated alkanes) is 1. The normalized spacial score (nSPS) is 14.6. The number of carbonyl (C=O) groups is 2. The van der Waals surface area contributed by atoms with Crippen molar-refractivity contribution in [3.05, 3.63) is 35.9 Å². The van der Waals surface area contributed by atoms with E-state index in [1.54, 1.807) is 18.7 Å². The molecule has 1 aromatic carbocycles. The molecule has 0 radical (unpaired) electrons. The molecule has 5 heteroatoms. The topological polar surface area (TPSA) is 55.4 Å². The molecule has 23 heavy (non-hydrogen) atoms. The van der Waals surface area contributed by atoms with Gasteiger partial charge < -0.3 is 10.1 Å². The lowest BCUT2D eigenvalue weighted by Gasteiger charge is -2.35. The summed E-state index contributed by atoms with van der Waals surface area (Å²) in [4.78, 5) is 23.3. The van der Waals surface area contributed by atoms with E-state index in [0.29, 0.717) is 13.0 Å². The van der Waals surface area contributed by atoms with Crippen LogP contribution in [0.4, 0.5) is 0 Å². The quantitative estimate of drug-likeness (QED) is 0.496. The van der Waals surface area contributed by atoms with Crippen LogP contribution in [0.3, 0.4) is 0 Å². The zero-order valence-corrected chi connectivity index (χ0v) is 15.0. The Morgan fingerprint density at radius 3 is 2.61 bits per heavy atom. The van der Waals surface area contributed by atoms with Crippen LogP contribution >= 0.6 is 11.8 Å². The van der Waals surface area contributed by atoms with Crippen LogP contribution in [0.1, 0.15) is 45.6 Å². The lowest BCUT2D eigenvalue weighted by Crippen LogP contribution is -2.52. The molecule has 128 valence electrons. The minimum Gasteiger partial charge on any atom is -0.464 e. The van der Waals surface area contributed by atoms with Crippen molar-refractivity contribution in [1.82, 2.24) is 5.32 Å². The van der Waals surface area contributed by atoms with Crippen LogP contribution in [0.15, 0.2) is 30.3 Å². The van der Waals surface area contributed by atoms with Gasteiger partial charge >= 0.3 is 5.97 Å². The van der Waals surface area contributed by atoms with Crippen LogP contribution in [0, 0.1) is 0 Å². The molecule has 4 nitrogen and oxygen atoms in total. The molecule has 0 saturated heterocycles. The third-order valence-electron chi connectivity index (χ3n) is 3.81. The van der Waals surface area contributed by atoms with Gasteiger partial charge in [0.15, 0.2) is 0 Å². The van der Waals surface area contributed by atoms with Crippen LogP contribution in [-0.2, 0) is 20.1 Å². The summed E-state index contributed by atoms with van der Waals surface area (Å²) in [5.41, 5.74) is 1.20. The standard InChI is InChI=1S/C18H27NO3S/c1-4-6-12-18(3,16(19-14-20)17(21)22-5-2)23-13-15-10-8-7-9-11-15/h7-11,14,16H,4-6,12-13H2,1-3H3,(H,19,20)/t16-,18+/m1/s1. The van der Waals surface area contributed by atoms with Crippen LogP contribution < -0.4 is 5.32 Å². The summed E-state index contributed by atoms with van der Waals surface area (Å²) >= 11 is 1.70. The summed E-state index contributed by atoms with van der Waals surface area (Å²) in [6.45, 7) is 6.24. The number of carbonyl (C=O) groups excluding carboxylic acids is 2. The maximum absolute atomic E-state index is 12.3. The second-order valence-electron chi connectivity index (χ2n) is 5.66. The first-order chi connectivity index (χ1) is 11.1. The molecule has 1 N–H and O–H groups in total. The fourth-order valence-corrected chi connectivity index (χ4v) is 3.75. The average Bonchev–Trinajstić information content (AvgIpc) is 2.57. The van der Waals surface area contributed by atoms with Gasteiger partial charge in [0.2, 0.25) is 6.41 Å². The highest BCUT2D eigenvalue weighted by molar-refractivity contribution is 8.00. The fraction of sp³-hybridized carbons (Fsp3) is 0.556. The van der Waals surface area contributed by atoms with Gasteiger partial charge in [0.25, 0.3) is 0 Å². The minimum atomic E-state index is -0.639. The molecule has 0 spiro atoms. The average molecular weight is 337 g/mol. The Kier molecular flexibility index (Phi) is 8.77. The number of esters is 1. The molecule has 1 aromatic rings. The maximum atomic E-state index is 12.3. The van der Waals surface area contributed by atoms with E-state index in [1.165, 1.54) is 5.56 Å². The molecule has 0 aliphatic heterocycles. The van der Waals surface area contributed by atoms with Gasteiger partial charge in [0.05, 0.1) is 6.61 Å². The molecule has 0 fully saturated rings. The molecule has 0 saturated carbocycles. The maximum Gasteiger partial charge on any atom is 0.330 e. The first kappa shape index (κ1) is 19.6. The number of nitrogens with one attached hydrogen (secondary N) is 1. The van der Waals surface area contributed by atoms with Crippen molar-refractivity contribution >= 4 is 24.1 Å². The molecule has 0 aliphatic carbocycles. The Hall–Kier alpha value is -1.49. The highest BCUT2D eigenvalue weighted by atomic mass is 32.2. The predicted octanol–water partition coefficient (Wildman–Crippen LogP) is 3.55. The smallest absolute Gasteiger partial charge is 0.330 e. The van der Waals surface area contributed by atoms with Gasteiger partial charge in [-0.3, -0.25) is 4.79 Å². The van der Waals surface area contributed by atoms with E-state index in [9.17, 15) is 9.59 Å². The van der Waals surface area contributed by atoms with Crippen LogP contribution in [0.2, 0.25) is 0 Å². The molecule has 0 bridgehead atoms. The Bertz CT molecular complexity index is 480. The van der Waals surface area contributed by atoms with E-state index in [4.69, 9.17) is 4.74 Å². The Labute approximate surface area is 143 Å². The van der Waals surface area contributed by atoms with Crippen LogP contribution in [-0.4, -0.2) is 29.8 Å². The molecule has 0 heterocycles. The van der Waals surface area contributed by atoms with Gasteiger partial charge in [-0.15, -0.1) is 11.8 Å². The molecular formula is C18H27NO3S. The zero-order chi connectivity index (χ0) is 17.1. The Morgan fingerprint density at radius 2 is 2.04 bits per heavy atom. The summed E-state index contributed by atoms with van der Waals surface area (Å²) in [6, 6.07) is 9.50. The first-order valence-corrected chi connectivity index (χ1v) is 9.10. The molecule has 0 unspecified atom stereocenters.